The molecule has 0 aliphatic heterocycles. The number of alkyl halides is 13. The van der Waals surface area contributed by atoms with Crippen LogP contribution < -0.4 is 10.6 Å². The molecular weight excluding hydrogens is 791 g/mol. The summed E-state index contributed by atoms with van der Waals surface area (Å²) in [7, 11) is 0.716. The first-order chi connectivity index (χ1) is 20.2. The van der Waals surface area contributed by atoms with Gasteiger partial charge in [-0.3, -0.25) is 14.4 Å². The quantitative estimate of drug-likeness (QED) is 0.123. The minimum atomic E-state index is -6.69. The van der Waals surface area contributed by atoms with E-state index in [2.05, 4.69) is 0 Å². The Morgan fingerprint density at radius 1 is 0.867 bits per heavy atom. The lowest BCUT2D eigenvalue weighted by atomic mass is 9.94. The fraction of sp³-hybridized carbons (Fsp3) is 0.348. The molecule has 0 aliphatic carbocycles. The highest BCUT2D eigenvalue weighted by Gasteiger charge is 2.73. The molecule has 2 aromatic carbocycles. The minimum absolute atomic E-state index is 0.128. The smallest absolute Gasteiger partial charge is 0.336 e. The van der Waals surface area contributed by atoms with Crippen LogP contribution in [0, 0.1) is 9.39 Å². The van der Waals surface area contributed by atoms with Gasteiger partial charge in [0.25, 0.3) is 5.91 Å². The van der Waals surface area contributed by atoms with Gasteiger partial charge >= 0.3 is 29.7 Å². The van der Waals surface area contributed by atoms with Crippen LogP contribution in [-0.4, -0.2) is 60.3 Å². The number of halogens is 15. The predicted octanol–water partition coefficient (Wildman–Crippen LogP) is 7.93. The van der Waals surface area contributed by atoms with Crippen molar-refractivity contribution in [1.29, 1.82) is 0 Å². The average Bonchev–Trinajstić information content (AvgIpc) is 2.83. The molecule has 3 amide bonds. The second-order valence-electron chi connectivity index (χ2n) is 8.74. The van der Waals surface area contributed by atoms with Gasteiger partial charge in [0.1, 0.15) is 13.0 Å². The Bertz CT molecular complexity index is 1440. The van der Waals surface area contributed by atoms with Crippen molar-refractivity contribution in [1.82, 2.24) is 4.90 Å². The van der Waals surface area contributed by atoms with E-state index in [4.69, 9.17) is 0 Å². The summed E-state index contributed by atoms with van der Waals surface area (Å²) in [6, 6.07) is 1.80. The van der Waals surface area contributed by atoms with E-state index >= 15 is 4.39 Å². The molecule has 6 nitrogen and oxygen atoms in total. The second kappa shape index (κ2) is 13.4. The van der Waals surface area contributed by atoms with E-state index in [-0.39, 0.29) is 11.0 Å². The zero-order valence-corrected chi connectivity index (χ0v) is 24.5. The van der Waals surface area contributed by atoms with Crippen molar-refractivity contribution >= 4 is 63.4 Å². The van der Waals surface area contributed by atoms with Gasteiger partial charge in [-0.25, -0.2) is 8.78 Å². The van der Waals surface area contributed by atoms with Gasteiger partial charge in [-0.1, -0.05) is 6.07 Å². The molecule has 0 fully saturated rings. The molecule has 22 heteroatoms. The summed E-state index contributed by atoms with van der Waals surface area (Å²) in [6.07, 6.45) is -19.4. The van der Waals surface area contributed by atoms with Gasteiger partial charge in [0.2, 0.25) is 11.8 Å². The highest BCUT2D eigenvalue weighted by Crippen LogP contribution is 2.55. The SMILES string of the molecule is CN(CC(F)(F)F)C(=O)CC(=O)Nc1cccc(C(=O)Nc2c(I)cc(C(F)(C(F)(F)F)C(F)(F)F)cc2SC(F)(F)F)c1F. The molecule has 0 bridgehead atoms. The molecule has 0 saturated heterocycles. The van der Waals surface area contributed by atoms with Crippen LogP contribution in [0.4, 0.5) is 72.8 Å². The number of carbonyl (C=O) groups is 3. The molecule has 0 aliphatic rings. The lowest BCUT2D eigenvalue weighted by Crippen LogP contribution is -2.50. The fourth-order valence-electron chi connectivity index (χ4n) is 3.40. The van der Waals surface area contributed by atoms with E-state index in [0.29, 0.717) is 13.1 Å². The number of amides is 3. The number of benzene rings is 2. The van der Waals surface area contributed by atoms with Crippen molar-refractivity contribution in [3.05, 3.63) is 50.8 Å². The maximum atomic E-state index is 15.1. The van der Waals surface area contributed by atoms with Crippen LogP contribution in [-0.2, 0) is 15.3 Å². The third-order valence-electron chi connectivity index (χ3n) is 5.37. The van der Waals surface area contributed by atoms with Gasteiger partial charge < -0.3 is 15.5 Å². The number of rotatable bonds is 8. The molecule has 45 heavy (non-hydrogen) atoms. The van der Waals surface area contributed by atoms with E-state index in [9.17, 15) is 71.5 Å². The molecule has 0 unspecified atom stereocenters. The zero-order chi connectivity index (χ0) is 34.9. The average molecular weight is 805 g/mol. The highest BCUT2D eigenvalue weighted by atomic mass is 127. The first kappa shape index (κ1) is 38.1. The summed E-state index contributed by atoms with van der Waals surface area (Å²) in [5.41, 5.74) is -16.9. The van der Waals surface area contributed by atoms with E-state index in [1.807, 2.05) is 0 Å². The van der Waals surface area contributed by atoms with Crippen LogP contribution in [0.3, 0.4) is 0 Å². The number of anilines is 2. The summed E-state index contributed by atoms with van der Waals surface area (Å²) in [4.78, 5) is 35.3. The Morgan fingerprint density at radius 2 is 1.42 bits per heavy atom. The van der Waals surface area contributed by atoms with Gasteiger partial charge in [0, 0.05) is 21.1 Å². The Kier molecular flexibility index (Phi) is 11.3. The molecule has 0 heterocycles. The second-order valence-corrected chi connectivity index (χ2v) is 11.0. The van der Waals surface area contributed by atoms with Crippen molar-refractivity contribution in [3.63, 3.8) is 0 Å². The van der Waals surface area contributed by atoms with Crippen LogP contribution in [0.1, 0.15) is 22.3 Å². The van der Waals surface area contributed by atoms with Crippen molar-refractivity contribution in [2.45, 2.75) is 41.0 Å². The number of nitrogens with one attached hydrogen (secondary N) is 2. The van der Waals surface area contributed by atoms with Crippen LogP contribution in [0.2, 0.25) is 0 Å². The van der Waals surface area contributed by atoms with Crippen molar-refractivity contribution in [2.75, 3.05) is 24.2 Å². The maximum Gasteiger partial charge on any atom is 0.446 e. The number of hydrogen-bond acceptors (Lipinski definition) is 4. The van der Waals surface area contributed by atoms with Crippen LogP contribution in [0.15, 0.2) is 35.2 Å². The van der Waals surface area contributed by atoms with E-state index in [0.717, 1.165) is 34.7 Å². The number of carbonyl (C=O) groups excluding carboxylic acids is 3. The molecule has 0 spiro atoms. The largest absolute Gasteiger partial charge is 0.446 e. The first-order valence-electron chi connectivity index (χ1n) is 11.3. The molecule has 2 rings (SSSR count). The number of thioether (sulfide) groups is 1. The van der Waals surface area contributed by atoms with Crippen LogP contribution in [0.5, 0.6) is 0 Å². The summed E-state index contributed by atoms with van der Waals surface area (Å²) in [6.45, 7) is -1.73. The van der Waals surface area contributed by atoms with E-state index in [1.165, 1.54) is 0 Å². The molecule has 0 aromatic heterocycles. The molecule has 2 N–H and O–H groups in total. The zero-order valence-electron chi connectivity index (χ0n) is 21.6. The van der Waals surface area contributed by atoms with Gasteiger partial charge in [-0.05, 0) is 58.6 Å². The third kappa shape index (κ3) is 9.48. The molecule has 0 atom stereocenters. The normalized spacial score (nSPS) is 13.0. The van der Waals surface area contributed by atoms with Gasteiger partial charge in [0.05, 0.1) is 16.9 Å². The summed E-state index contributed by atoms with van der Waals surface area (Å²) < 4.78 is 185. The van der Waals surface area contributed by atoms with Gasteiger partial charge in [0.15, 0.2) is 5.82 Å². The van der Waals surface area contributed by atoms with Crippen molar-refractivity contribution in [2.24, 2.45) is 0 Å². The monoisotopic (exact) mass is 805 g/mol. The summed E-state index contributed by atoms with van der Waals surface area (Å²) >= 11 is -0.407. The molecule has 0 saturated carbocycles. The van der Waals surface area contributed by atoms with E-state index in [1.54, 1.807) is 10.6 Å². The molecule has 0 radical (unpaired) electrons. The standard InChI is InChI=1S/C23H14F14IN3O3S/c1-41(8-19(25,26)27)15(43)7-14(42)39-12-4-2-3-10(16(12)24)18(44)40-17-11(38)5-9(6-13(17)45-23(35,36)37)20(28,21(29,30)31)22(32,33)34/h2-6H,7-8H2,1H3,(H,39,42)(H,40,44). The summed E-state index contributed by atoms with van der Waals surface area (Å²) in [5, 5.41) is 3.48. The maximum absolute atomic E-state index is 15.1. The van der Waals surface area contributed by atoms with Crippen molar-refractivity contribution < 1.29 is 75.8 Å². The highest BCUT2D eigenvalue weighted by molar-refractivity contribution is 14.1. The minimum Gasteiger partial charge on any atom is -0.336 e. The van der Waals surface area contributed by atoms with Crippen LogP contribution >= 0.6 is 34.4 Å². The molecule has 2 aromatic rings. The lowest BCUT2D eigenvalue weighted by molar-refractivity contribution is -0.348. The Balaban J connectivity index is 2.46. The van der Waals surface area contributed by atoms with Crippen molar-refractivity contribution in [3.8, 4) is 0 Å². The lowest BCUT2D eigenvalue weighted by Gasteiger charge is -2.31. The van der Waals surface area contributed by atoms with E-state index < -0.39 is 115 Å². The fourth-order valence-corrected chi connectivity index (χ4v) is 5.05. The Hall–Kier alpha value is -3.05. The van der Waals surface area contributed by atoms with Gasteiger partial charge in [-0.15, -0.1) is 0 Å². The number of hydrogen-bond donors (Lipinski definition) is 2. The topological polar surface area (TPSA) is 78.5 Å². The number of nitrogens with zero attached hydrogens (tertiary/aromatic N) is 1. The predicted molar refractivity (Wildman–Crippen MR) is 137 cm³/mol. The van der Waals surface area contributed by atoms with Gasteiger partial charge in [-0.2, -0.15) is 52.7 Å². The first-order valence-corrected chi connectivity index (χ1v) is 13.2. The molecule has 250 valence electrons. The molecular formula is C23H14F14IN3O3S. The Labute approximate surface area is 260 Å². The third-order valence-corrected chi connectivity index (χ3v) is 6.99. The summed E-state index contributed by atoms with van der Waals surface area (Å²) in [5.74, 6) is -5.98. The van der Waals surface area contributed by atoms with Crippen LogP contribution in [0.25, 0.3) is 0 Å². The Morgan fingerprint density at radius 3 is 1.91 bits per heavy atom.